The number of carbonyl (C=O) groups is 1. The highest BCUT2D eigenvalue weighted by molar-refractivity contribution is 6.07. The average Bonchev–Trinajstić information content (AvgIpc) is 3.43. The molecule has 1 fully saturated rings. The lowest BCUT2D eigenvalue weighted by Crippen LogP contribution is -2.38. The second-order valence-corrected chi connectivity index (χ2v) is 8.43. The fourth-order valence-corrected chi connectivity index (χ4v) is 4.67. The van der Waals surface area contributed by atoms with Gasteiger partial charge in [0.1, 0.15) is 17.6 Å². The molecule has 0 saturated carbocycles. The summed E-state index contributed by atoms with van der Waals surface area (Å²) in [6, 6.07) is 19.4. The molecule has 162 valence electrons. The zero-order valence-corrected chi connectivity index (χ0v) is 17.9. The lowest BCUT2D eigenvalue weighted by atomic mass is 10.1. The fourth-order valence-electron chi connectivity index (χ4n) is 4.67. The topological polar surface area (TPSA) is 83.2 Å². The summed E-state index contributed by atoms with van der Waals surface area (Å²) in [5.41, 5.74) is 3.34. The highest BCUT2D eigenvalue weighted by atomic mass is 16.5. The van der Waals surface area contributed by atoms with E-state index >= 15 is 0 Å². The Bertz CT molecular complexity index is 1430. The number of benzene rings is 3. The number of nitriles is 1. The second kappa shape index (κ2) is 7.76. The highest BCUT2D eigenvalue weighted by Gasteiger charge is 2.33. The Morgan fingerprint density at radius 3 is 3.00 bits per heavy atom. The van der Waals surface area contributed by atoms with Gasteiger partial charge in [-0.25, -0.2) is 4.98 Å². The third-order valence-electron chi connectivity index (χ3n) is 6.40. The minimum absolute atomic E-state index is 0.0731. The van der Waals surface area contributed by atoms with E-state index in [1.807, 2.05) is 64.2 Å². The van der Waals surface area contributed by atoms with Crippen molar-refractivity contribution in [1.82, 2.24) is 14.9 Å². The normalized spacial score (nSPS) is 17.6. The molecular weight excluding hydrogens is 414 g/mol. The summed E-state index contributed by atoms with van der Waals surface area (Å²) in [7, 11) is 0. The van der Waals surface area contributed by atoms with Gasteiger partial charge in [-0.15, -0.1) is 0 Å². The van der Waals surface area contributed by atoms with Gasteiger partial charge in [-0.1, -0.05) is 24.3 Å². The maximum atomic E-state index is 13.3. The first-order valence-electron chi connectivity index (χ1n) is 11.0. The first-order chi connectivity index (χ1) is 16.2. The molecule has 4 aromatic rings. The Morgan fingerprint density at radius 1 is 1.15 bits per heavy atom. The van der Waals surface area contributed by atoms with Crippen LogP contribution in [0.4, 0.5) is 5.69 Å². The summed E-state index contributed by atoms with van der Waals surface area (Å²) < 4.78 is 8.26. The van der Waals surface area contributed by atoms with Crippen molar-refractivity contribution >= 4 is 22.4 Å². The van der Waals surface area contributed by atoms with Gasteiger partial charge in [0.25, 0.3) is 0 Å². The van der Waals surface area contributed by atoms with Crippen molar-refractivity contribution in [3.8, 4) is 17.6 Å². The smallest absolute Gasteiger partial charge is 0.244 e. The van der Waals surface area contributed by atoms with Crippen LogP contribution in [0.5, 0.6) is 11.5 Å². The largest absolute Gasteiger partial charge is 0.456 e. The SMILES string of the molecule is N#Cc1ccc2cc1Oc1ccc3cccc(c3c1)N1CC[C@@H](NCc3cncn3C2)C1=O. The van der Waals surface area contributed by atoms with Gasteiger partial charge < -0.3 is 19.5 Å². The number of carbonyl (C=O) groups excluding carboxylic acids is 1. The van der Waals surface area contributed by atoms with E-state index in [4.69, 9.17) is 4.74 Å². The van der Waals surface area contributed by atoms with Crippen LogP contribution in [0.25, 0.3) is 10.8 Å². The minimum Gasteiger partial charge on any atom is -0.456 e. The number of hydrogen-bond donors (Lipinski definition) is 1. The molecule has 6 bridgehead atoms. The van der Waals surface area contributed by atoms with E-state index < -0.39 is 0 Å². The highest BCUT2D eigenvalue weighted by Crippen LogP contribution is 2.35. The van der Waals surface area contributed by atoms with E-state index in [0.29, 0.717) is 36.7 Å². The number of ether oxygens (including phenoxy) is 1. The lowest BCUT2D eigenvalue weighted by molar-refractivity contribution is -0.118. The van der Waals surface area contributed by atoms with Crippen LogP contribution >= 0.6 is 0 Å². The molecule has 7 heteroatoms. The van der Waals surface area contributed by atoms with Gasteiger partial charge in [-0.3, -0.25) is 4.79 Å². The summed E-state index contributed by atoms with van der Waals surface area (Å²) in [5.74, 6) is 1.21. The Kier molecular flexibility index (Phi) is 4.60. The number of imidazole rings is 1. The van der Waals surface area contributed by atoms with Crippen molar-refractivity contribution in [2.75, 3.05) is 11.4 Å². The Morgan fingerprint density at radius 2 is 2.09 bits per heavy atom. The van der Waals surface area contributed by atoms with Gasteiger partial charge in [0.15, 0.2) is 0 Å². The van der Waals surface area contributed by atoms with E-state index in [2.05, 4.69) is 16.4 Å². The van der Waals surface area contributed by atoms with Gasteiger partial charge in [-0.05, 0) is 47.7 Å². The molecule has 33 heavy (non-hydrogen) atoms. The van der Waals surface area contributed by atoms with Crippen LogP contribution in [0, 0.1) is 11.3 Å². The predicted octanol–water partition coefficient (Wildman–Crippen LogP) is 3.96. The number of rotatable bonds is 0. The Labute approximate surface area is 190 Å². The Balaban J connectivity index is 1.51. The molecular formula is C26H21N5O2. The number of nitrogens with zero attached hydrogens (tertiary/aromatic N) is 4. The molecule has 6 rings (SSSR count). The van der Waals surface area contributed by atoms with Crippen molar-refractivity contribution in [3.05, 3.63) is 83.9 Å². The molecule has 1 N–H and O–H groups in total. The standard InChI is InChI=1S/C26H21N5O2/c27-12-19-5-4-17-10-25(19)33-21-7-6-18-2-1-3-24(22(18)11-21)31-9-8-23(26(31)32)29-14-20-13-28-16-30(20)15-17/h1-7,10-11,13,16,23,29H,8-9,14-15H2/t23-/m1/s1. The quantitative estimate of drug-likeness (QED) is 0.452. The van der Waals surface area contributed by atoms with Gasteiger partial charge in [-0.2, -0.15) is 5.26 Å². The van der Waals surface area contributed by atoms with E-state index in [1.54, 1.807) is 12.4 Å². The third kappa shape index (κ3) is 3.41. The maximum absolute atomic E-state index is 13.3. The van der Waals surface area contributed by atoms with Gasteiger partial charge in [0, 0.05) is 31.2 Å². The number of amides is 1. The summed E-state index contributed by atoms with van der Waals surface area (Å²) in [6.45, 7) is 1.79. The predicted molar refractivity (Wildman–Crippen MR) is 124 cm³/mol. The van der Waals surface area contributed by atoms with Crippen molar-refractivity contribution in [1.29, 1.82) is 5.26 Å². The fraction of sp³-hybridized carbons (Fsp3) is 0.192. The van der Waals surface area contributed by atoms with Crippen LogP contribution in [0.3, 0.4) is 0 Å². The molecule has 3 heterocycles. The molecule has 0 unspecified atom stereocenters. The lowest BCUT2D eigenvalue weighted by Gasteiger charge is -2.20. The molecule has 0 aliphatic carbocycles. The Hall–Kier alpha value is -4.15. The van der Waals surface area contributed by atoms with Crippen molar-refractivity contribution in [2.24, 2.45) is 0 Å². The number of hydrogen-bond acceptors (Lipinski definition) is 5. The molecule has 0 spiro atoms. The van der Waals surface area contributed by atoms with Gasteiger partial charge >= 0.3 is 0 Å². The minimum atomic E-state index is -0.238. The first-order valence-corrected chi connectivity index (χ1v) is 11.0. The molecule has 1 saturated heterocycles. The van der Waals surface area contributed by atoms with Crippen LogP contribution < -0.4 is 15.0 Å². The zero-order chi connectivity index (χ0) is 22.4. The van der Waals surface area contributed by atoms with Crippen molar-refractivity contribution in [3.63, 3.8) is 0 Å². The van der Waals surface area contributed by atoms with Crippen molar-refractivity contribution in [2.45, 2.75) is 25.6 Å². The van der Waals surface area contributed by atoms with Crippen LogP contribution in [-0.2, 0) is 17.9 Å². The molecule has 3 aromatic carbocycles. The maximum Gasteiger partial charge on any atom is 0.244 e. The van der Waals surface area contributed by atoms with E-state index in [1.165, 1.54) is 0 Å². The van der Waals surface area contributed by atoms with Gasteiger partial charge in [0.05, 0.1) is 29.3 Å². The number of anilines is 1. The van der Waals surface area contributed by atoms with Crippen LogP contribution in [0.1, 0.15) is 23.2 Å². The molecule has 2 aliphatic rings. The number of fused-ring (bicyclic) bond motifs is 7. The van der Waals surface area contributed by atoms with Crippen molar-refractivity contribution < 1.29 is 9.53 Å². The summed E-state index contributed by atoms with van der Waals surface area (Å²) in [4.78, 5) is 19.4. The molecule has 1 atom stereocenters. The average molecular weight is 435 g/mol. The number of aromatic nitrogens is 2. The third-order valence-corrected chi connectivity index (χ3v) is 6.40. The summed E-state index contributed by atoms with van der Waals surface area (Å²) >= 11 is 0. The van der Waals surface area contributed by atoms with E-state index in [9.17, 15) is 10.1 Å². The second-order valence-electron chi connectivity index (χ2n) is 8.43. The molecule has 1 amide bonds. The van der Waals surface area contributed by atoms with Crippen LogP contribution in [-0.4, -0.2) is 28.0 Å². The first kappa shape index (κ1) is 19.5. The van der Waals surface area contributed by atoms with Crippen LogP contribution in [0.15, 0.2) is 67.1 Å². The molecule has 1 aromatic heterocycles. The van der Waals surface area contributed by atoms with Crippen LogP contribution in [0.2, 0.25) is 0 Å². The van der Waals surface area contributed by atoms with E-state index in [0.717, 1.165) is 34.1 Å². The summed E-state index contributed by atoms with van der Waals surface area (Å²) in [5, 5.41) is 15.0. The monoisotopic (exact) mass is 435 g/mol. The zero-order valence-electron chi connectivity index (χ0n) is 17.9. The molecule has 2 aliphatic heterocycles. The number of nitrogens with one attached hydrogen (secondary N) is 1. The molecule has 7 nitrogen and oxygen atoms in total. The van der Waals surface area contributed by atoms with Gasteiger partial charge in [0.2, 0.25) is 5.91 Å². The molecule has 0 radical (unpaired) electrons. The summed E-state index contributed by atoms with van der Waals surface area (Å²) in [6.07, 6.45) is 4.34. The van der Waals surface area contributed by atoms with E-state index in [-0.39, 0.29) is 11.9 Å².